The number of nitrogens with two attached hydrogens (primary N) is 1. The van der Waals surface area contributed by atoms with E-state index in [0.29, 0.717) is 23.2 Å². The highest BCUT2D eigenvalue weighted by molar-refractivity contribution is 9.10. The molecule has 1 aliphatic rings. The number of hydrogen-bond acceptors (Lipinski definition) is 3. The Morgan fingerprint density at radius 3 is 3.05 bits per heavy atom. The second-order valence-corrected chi connectivity index (χ2v) is 6.79. The van der Waals surface area contributed by atoms with Crippen LogP contribution in [-0.4, -0.2) is 36.5 Å². The molecule has 0 spiro atoms. The highest BCUT2D eigenvalue weighted by atomic mass is 79.9. The van der Waals surface area contributed by atoms with Gasteiger partial charge >= 0.3 is 0 Å². The predicted molar refractivity (Wildman–Crippen MR) is 87.6 cm³/mol. The molecule has 21 heavy (non-hydrogen) atoms. The fourth-order valence-corrected chi connectivity index (χ4v) is 3.22. The molecule has 2 rings (SSSR count). The van der Waals surface area contributed by atoms with E-state index >= 15 is 0 Å². The molecule has 1 aliphatic heterocycles. The first-order valence-corrected chi connectivity index (χ1v) is 8.25. The Hall–Kier alpha value is -0.780. The molecular formula is C15H20BrClN2O2. The molecule has 2 atom stereocenters. The number of benzene rings is 1. The van der Waals surface area contributed by atoms with Crippen LogP contribution in [0.4, 0.5) is 0 Å². The normalized spacial score (nSPS) is 20.2. The molecule has 1 saturated heterocycles. The van der Waals surface area contributed by atoms with Gasteiger partial charge in [-0.25, -0.2) is 0 Å². The van der Waals surface area contributed by atoms with Crippen LogP contribution >= 0.6 is 27.5 Å². The minimum absolute atomic E-state index is 0.00697. The van der Waals surface area contributed by atoms with Crippen molar-refractivity contribution in [1.82, 2.24) is 4.90 Å². The molecule has 6 heteroatoms. The first-order valence-electron chi connectivity index (χ1n) is 7.08. The molecule has 0 bridgehead atoms. The van der Waals surface area contributed by atoms with Crippen molar-refractivity contribution in [2.45, 2.75) is 25.8 Å². The van der Waals surface area contributed by atoms with Crippen LogP contribution in [0.2, 0.25) is 5.02 Å². The number of amides is 1. The van der Waals surface area contributed by atoms with Gasteiger partial charge in [-0.2, -0.15) is 0 Å². The number of ether oxygens (including phenoxy) is 1. The van der Waals surface area contributed by atoms with Crippen molar-refractivity contribution in [3.05, 3.63) is 27.7 Å². The van der Waals surface area contributed by atoms with Crippen molar-refractivity contribution in [3.63, 3.8) is 0 Å². The van der Waals surface area contributed by atoms with Gasteiger partial charge in [-0.05, 0) is 43.9 Å². The summed E-state index contributed by atoms with van der Waals surface area (Å²) >= 11 is 9.40. The van der Waals surface area contributed by atoms with Crippen LogP contribution in [0.5, 0.6) is 5.75 Å². The van der Waals surface area contributed by atoms with E-state index in [-0.39, 0.29) is 18.6 Å². The summed E-state index contributed by atoms with van der Waals surface area (Å²) in [4.78, 5) is 14.1. The summed E-state index contributed by atoms with van der Waals surface area (Å²) in [6.45, 7) is 3.50. The molecule has 0 radical (unpaired) electrons. The largest absolute Gasteiger partial charge is 0.482 e. The first-order chi connectivity index (χ1) is 9.97. The Labute approximate surface area is 138 Å². The summed E-state index contributed by atoms with van der Waals surface area (Å²) in [5, 5.41) is 0.490. The fraction of sp³-hybridized carbons (Fsp3) is 0.533. The molecule has 0 aliphatic carbocycles. The van der Waals surface area contributed by atoms with Crippen LogP contribution in [-0.2, 0) is 4.79 Å². The number of nitrogens with zero attached hydrogens (tertiary/aromatic N) is 1. The summed E-state index contributed by atoms with van der Waals surface area (Å²) in [7, 11) is 0. The topological polar surface area (TPSA) is 55.6 Å². The number of likely N-dealkylation sites (tertiary alicyclic amines) is 1. The molecule has 2 N–H and O–H groups in total. The standard InChI is InChI=1S/C15H20BrClN2O2/c1-10(18)11-3-2-6-19(8-11)15(20)9-21-14-5-4-12(16)7-13(14)17/h4-5,7,10-11H,2-3,6,8-9,18H2,1H3/t10-,11+/m0/s1. The van der Waals surface area contributed by atoms with Crippen LogP contribution in [0.1, 0.15) is 19.8 Å². The maximum atomic E-state index is 12.2. The van der Waals surface area contributed by atoms with E-state index in [9.17, 15) is 4.79 Å². The van der Waals surface area contributed by atoms with Gasteiger partial charge in [-0.1, -0.05) is 27.5 Å². The lowest BCUT2D eigenvalue weighted by Gasteiger charge is -2.34. The molecule has 0 unspecified atom stereocenters. The quantitative estimate of drug-likeness (QED) is 0.880. The number of rotatable bonds is 4. The minimum Gasteiger partial charge on any atom is -0.482 e. The highest BCUT2D eigenvalue weighted by Gasteiger charge is 2.26. The zero-order valence-corrected chi connectivity index (χ0v) is 14.4. The highest BCUT2D eigenvalue weighted by Crippen LogP contribution is 2.28. The lowest BCUT2D eigenvalue weighted by Crippen LogP contribution is -2.46. The third-order valence-corrected chi connectivity index (χ3v) is 4.59. The van der Waals surface area contributed by atoms with E-state index < -0.39 is 0 Å². The third kappa shape index (κ3) is 4.59. The second-order valence-electron chi connectivity index (χ2n) is 5.46. The average molecular weight is 376 g/mol. The second kappa shape index (κ2) is 7.47. The van der Waals surface area contributed by atoms with Gasteiger partial charge in [0.1, 0.15) is 5.75 Å². The van der Waals surface area contributed by atoms with E-state index in [1.165, 1.54) is 0 Å². The van der Waals surface area contributed by atoms with E-state index in [1.54, 1.807) is 12.1 Å². The van der Waals surface area contributed by atoms with Gasteiger partial charge in [0.15, 0.2) is 6.61 Å². The zero-order valence-electron chi connectivity index (χ0n) is 12.0. The van der Waals surface area contributed by atoms with Gasteiger partial charge in [0.25, 0.3) is 5.91 Å². The van der Waals surface area contributed by atoms with Crippen molar-refractivity contribution >= 4 is 33.4 Å². The smallest absolute Gasteiger partial charge is 0.260 e. The van der Waals surface area contributed by atoms with Gasteiger partial charge in [0, 0.05) is 23.6 Å². The van der Waals surface area contributed by atoms with Crippen molar-refractivity contribution in [3.8, 4) is 5.75 Å². The molecule has 1 aromatic rings. The Balaban J connectivity index is 1.89. The molecular weight excluding hydrogens is 356 g/mol. The van der Waals surface area contributed by atoms with E-state index in [2.05, 4.69) is 15.9 Å². The fourth-order valence-electron chi connectivity index (χ4n) is 2.49. The minimum atomic E-state index is -0.0145. The number of carbonyl (C=O) groups excluding carboxylic acids is 1. The van der Waals surface area contributed by atoms with Gasteiger partial charge in [0.2, 0.25) is 0 Å². The Morgan fingerprint density at radius 1 is 1.62 bits per heavy atom. The lowest BCUT2D eigenvalue weighted by atomic mass is 9.92. The average Bonchev–Trinajstić information content (AvgIpc) is 2.46. The van der Waals surface area contributed by atoms with Crippen LogP contribution in [0.15, 0.2) is 22.7 Å². The Kier molecular flexibility index (Phi) is 5.90. The molecule has 1 heterocycles. The molecule has 1 fully saturated rings. The molecule has 1 aromatic carbocycles. The number of carbonyl (C=O) groups is 1. The van der Waals surface area contributed by atoms with E-state index in [4.69, 9.17) is 22.1 Å². The van der Waals surface area contributed by atoms with Gasteiger partial charge in [-0.3, -0.25) is 4.79 Å². The maximum absolute atomic E-state index is 12.2. The Bertz CT molecular complexity index is 510. The summed E-state index contributed by atoms with van der Waals surface area (Å²) < 4.78 is 6.40. The maximum Gasteiger partial charge on any atom is 0.260 e. The molecule has 0 aromatic heterocycles. The van der Waals surface area contributed by atoms with Crippen LogP contribution < -0.4 is 10.5 Å². The summed E-state index contributed by atoms with van der Waals surface area (Å²) in [5.41, 5.74) is 5.94. The number of piperidine rings is 1. The molecule has 1 amide bonds. The van der Waals surface area contributed by atoms with Crippen molar-refractivity contribution in [2.75, 3.05) is 19.7 Å². The van der Waals surface area contributed by atoms with Gasteiger partial charge < -0.3 is 15.4 Å². The van der Waals surface area contributed by atoms with Crippen molar-refractivity contribution < 1.29 is 9.53 Å². The number of halogens is 2. The number of hydrogen-bond donors (Lipinski definition) is 1. The van der Waals surface area contributed by atoms with Crippen LogP contribution in [0, 0.1) is 5.92 Å². The Morgan fingerprint density at radius 2 is 2.38 bits per heavy atom. The monoisotopic (exact) mass is 374 g/mol. The summed E-state index contributed by atoms with van der Waals surface area (Å²) in [5.74, 6) is 0.882. The molecule has 116 valence electrons. The summed E-state index contributed by atoms with van der Waals surface area (Å²) in [6.07, 6.45) is 2.08. The van der Waals surface area contributed by atoms with Crippen LogP contribution in [0.25, 0.3) is 0 Å². The molecule has 4 nitrogen and oxygen atoms in total. The van der Waals surface area contributed by atoms with Gasteiger partial charge in [-0.15, -0.1) is 0 Å². The SMILES string of the molecule is C[C@H](N)[C@@H]1CCCN(C(=O)COc2ccc(Br)cc2Cl)C1. The zero-order chi connectivity index (χ0) is 15.4. The summed E-state index contributed by atoms with van der Waals surface area (Å²) in [6, 6.07) is 5.44. The predicted octanol–water partition coefficient (Wildman–Crippen LogP) is 3.07. The van der Waals surface area contributed by atoms with E-state index in [1.807, 2.05) is 17.9 Å². The lowest BCUT2D eigenvalue weighted by molar-refractivity contribution is -0.135. The third-order valence-electron chi connectivity index (χ3n) is 3.80. The van der Waals surface area contributed by atoms with Crippen LogP contribution in [0.3, 0.4) is 0 Å². The van der Waals surface area contributed by atoms with Crippen molar-refractivity contribution in [1.29, 1.82) is 0 Å². The van der Waals surface area contributed by atoms with Gasteiger partial charge in [0.05, 0.1) is 5.02 Å². The first kappa shape index (κ1) is 16.6. The van der Waals surface area contributed by atoms with Crippen molar-refractivity contribution in [2.24, 2.45) is 11.7 Å². The van der Waals surface area contributed by atoms with E-state index in [0.717, 1.165) is 23.9 Å². The molecule has 0 saturated carbocycles.